The number of aryl methyl sites for hydroxylation is 1. The molecule has 0 saturated carbocycles. The second kappa shape index (κ2) is 5.27. The molecule has 0 aliphatic carbocycles. The summed E-state index contributed by atoms with van der Waals surface area (Å²) in [5, 5.41) is 0. The lowest BCUT2D eigenvalue weighted by Gasteiger charge is -2.02. The van der Waals surface area contributed by atoms with Crippen LogP contribution in [0.3, 0.4) is 0 Å². The van der Waals surface area contributed by atoms with Crippen molar-refractivity contribution in [3.63, 3.8) is 0 Å². The van der Waals surface area contributed by atoms with Crippen molar-refractivity contribution in [2.45, 2.75) is 6.92 Å². The van der Waals surface area contributed by atoms with Crippen molar-refractivity contribution in [2.75, 3.05) is 0 Å². The van der Waals surface area contributed by atoms with E-state index in [1.54, 1.807) is 36.4 Å². The molecule has 0 aromatic heterocycles. The molecule has 0 aliphatic heterocycles. The van der Waals surface area contributed by atoms with Crippen molar-refractivity contribution < 1.29 is 9.53 Å². The molecule has 3 nitrogen and oxygen atoms in total. The molecule has 0 spiro atoms. The lowest BCUT2D eigenvalue weighted by molar-refractivity contribution is 0.0733. The monoisotopic (exact) mass is 240 g/mol. The molecule has 0 unspecified atom stereocenters. The number of esters is 1. The largest absolute Gasteiger partial charge is 0.419 e. The Balaban J connectivity index is 2.28. The van der Waals surface area contributed by atoms with Crippen LogP contribution in [-0.2, 0) is 0 Å². The maximum absolute atomic E-state index is 11.9. The van der Waals surface area contributed by atoms with E-state index in [1.165, 1.54) is 12.1 Å². The number of carbonyl (C=O) groups excluding carboxylic acids is 1. The van der Waals surface area contributed by atoms with Gasteiger partial charge in [-0.25, -0.2) is 4.79 Å². The van der Waals surface area contributed by atoms with Gasteiger partial charge in [0.1, 0.15) is 0 Å². The molecule has 3 heteroatoms. The average molecular weight is 240 g/mol. The summed E-state index contributed by atoms with van der Waals surface area (Å²) in [7, 11) is 0. The lowest BCUT2D eigenvalue weighted by Crippen LogP contribution is -2.13. The molecule has 0 aliphatic rings. The summed E-state index contributed by atoms with van der Waals surface area (Å²) in [6.45, 7) is 1.89. The van der Waals surface area contributed by atoms with Crippen LogP contribution in [0.15, 0.2) is 59.4 Å². The van der Waals surface area contributed by atoms with E-state index < -0.39 is 5.97 Å². The minimum Gasteiger partial charge on any atom is -0.419 e. The van der Waals surface area contributed by atoms with E-state index in [4.69, 9.17) is 4.74 Å². The molecular weight excluding hydrogens is 228 g/mol. The molecule has 2 aromatic carbocycles. The van der Waals surface area contributed by atoms with Crippen molar-refractivity contribution in [3.05, 3.63) is 75.9 Å². The number of benzene rings is 1. The maximum Gasteiger partial charge on any atom is 0.343 e. The predicted molar refractivity (Wildman–Crippen MR) is 68.8 cm³/mol. The topological polar surface area (TPSA) is 43.4 Å². The number of rotatable bonds is 2. The van der Waals surface area contributed by atoms with Gasteiger partial charge in [-0.05, 0) is 31.2 Å². The van der Waals surface area contributed by atoms with E-state index in [0.29, 0.717) is 5.56 Å². The van der Waals surface area contributed by atoms with E-state index in [9.17, 15) is 9.59 Å². The number of ether oxygens (including phenoxy) is 1. The van der Waals surface area contributed by atoms with Gasteiger partial charge in [0.25, 0.3) is 0 Å². The maximum atomic E-state index is 11.9. The third kappa shape index (κ3) is 2.83. The summed E-state index contributed by atoms with van der Waals surface area (Å²) >= 11 is 0. The lowest BCUT2D eigenvalue weighted by atomic mass is 10.1. The third-order valence-electron chi connectivity index (χ3n) is 2.42. The summed E-state index contributed by atoms with van der Waals surface area (Å²) < 4.78 is 5.09. The summed E-state index contributed by atoms with van der Waals surface area (Å²) in [4.78, 5) is 23.4. The van der Waals surface area contributed by atoms with E-state index in [0.717, 1.165) is 5.56 Å². The first-order valence-corrected chi connectivity index (χ1v) is 5.55. The first-order valence-electron chi connectivity index (χ1n) is 5.55. The Bertz CT molecular complexity index is 632. The molecule has 0 N–H and O–H groups in total. The van der Waals surface area contributed by atoms with E-state index in [-0.39, 0.29) is 11.2 Å². The highest BCUT2D eigenvalue weighted by molar-refractivity contribution is 5.91. The quantitative estimate of drug-likeness (QED) is 0.758. The zero-order valence-corrected chi connectivity index (χ0v) is 9.92. The van der Waals surface area contributed by atoms with Gasteiger partial charge in [0, 0.05) is 0 Å². The Morgan fingerprint density at radius 2 is 1.78 bits per heavy atom. The van der Waals surface area contributed by atoms with Crippen LogP contribution >= 0.6 is 0 Å². The second-order valence-corrected chi connectivity index (χ2v) is 3.90. The summed E-state index contributed by atoms with van der Waals surface area (Å²) in [5.41, 5.74) is 1.08. The highest BCUT2D eigenvalue weighted by Gasteiger charge is 2.09. The van der Waals surface area contributed by atoms with E-state index in [1.807, 2.05) is 13.0 Å². The minimum absolute atomic E-state index is 0.0338. The fourth-order valence-corrected chi connectivity index (χ4v) is 1.53. The Morgan fingerprint density at radius 1 is 1.00 bits per heavy atom. The number of hydrogen-bond donors (Lipinski definition) is 0. The molecule has 90 valence electrons. The first-order chi connectivity index (χ1) is 8.66. The molecule has 0 fully saturated rings. The highest BCUT2D eigenvalue weighted by atomic mass is 16.5. The summed E-state index contributed by atoms with van der Waals surface area (Å²) in [5.74, 6) is -0.492. The van der Waals surface area contributed by atoms with Crippen molar-refractivity contribution in [1.82, 2.24) is 0 Å². The van der Waals surface area contributed by atoms with E-state index in [2.05, 4.69) is 0 Å². The smallest absolute Gasteiger partial charge is 0.343 e. The van der Waals surface area contributed by atoms with Gasteiger partial charge in [0.2, 0.25) is 5.43 Å². The minimum atomic E-state index is -0.526. The van der Waals surface area contributed by atoms with E-state index >= 15 is 0 Å². The number of carbonyl (C=O) groups is 1. The molecule has 0 bridgehead atoms. The molecule has 0 amide bonds. The van der Waals surface area contributed by atoms with Crippen LogP contribution < -0.4 is 10.2 Å². The van der Waals surface area contributed by atoms with Crippen molar-refractivity contribution in [3.8, 4) is 5.75 Å². The van der Waals surface area contributed by atoms with Gasteiger partial charge in [0.15, 0.2) is 5.75 Å². The van der Waals surface area contributed by atoms with Gasteiger partial charge in [-0.3, -0.25) is 4.79 Å². The van der Waals surface area contributed by atoms with Crippen LogP contribution in [0.5, 0.6) is 5.75 Å². The molecule has 18 heavy (non-hydrogen) atoms. The SMILES string of the molecule is Cc1cccc(C(=O)Oc2cccccc2=O)c1. The Kier molecular flexibility index (Phi) is 3.53. The summed E-state index contributed by atoms with van der Waals surface area (Å²) in [6.07, 6.45) is 0. The predicted octanol–water partition coefficient (Wildman–Crippen LogP) is 2.57. The Hall–Kier alpha value is -2.42. The van der Waals surface area contributed by atoms with Crippen molar-refractivity contribution >= 4 is 5.97 Å². The first kappa shape index (κ1) is 12.0. The van der Waals surface area contributed by atoms with Crippen LogP contribution in [0.2, 0.25) is 0 Å². The number of hydrogen-bond acceptors (Lipinski definition) is 3. The fourth-order valence-electron chi connectivity index (χ4n) is 1.53. The van der Waals surface area contributed by atoms with Crippen LogP contribution in [0.1, 0.15) is 15.9 Å². The molecule has 2 rings (SSSR count). The normalized spacial score (nSPS) is 9.83. The van der Waals surface area contributed by atoms with Crippen LogP contribution in [0, 0.1) is 6.92 Å². The molecule has 2 aromatic rings. The van der Waals surface area contributed by atoms with Gasteiger partial charge in [-0.15, -0.1) is 0 Å². The molecule has 0 saturated heterocycles. The fraction of sp³-hybridized carbons (Fsp3) is 0.0667. The zero-order chi connectivity index (χ0) is 13.0. The van der Waals surface area contributed by atoms with Crippen LogP contribution in [0.4, 0.5) is 0 Å². The second-order valence-electron chi connectivity index (χ2n) is 3.90. The molecule has 0 atom stereocenters. The van der Waals surface area contributed by atoms with Gasteiger partial charge >= 0.3 is 5.97 Å². The summed E-state index contributed by atoms with van der Waals surface area (Å²) in [6, 6.07) is 14.8. The highest BCUT2D eigenvalue weighted by Crippen LogP contribution is 2.08. The Morgan fingerprint density at radius 3 is 2.56 bits per heavy atom. The van der Waals surface area contributed by atoms with Crippen molar-refractivity contribution in [1.29, 1.82) is 0 Å². The average Bonchev–Trinajstić information content (AvgIpc) is 2.55. The van der Waals surface area contributed by atoms with Gasteiger partial charge in [0.05, 0.1) is 5.56 Å². The van der Waals surface area contributed by atoms with Gasteiger partial charge < -0.3 is 4.74 Å². The molecular formula is C15H12O3. The standard InChI is InChI=1S/C15H12O3/c1-11-6-5-7-12(10-11)15(17)18-14-9-4-2-3-8-13(14)16/h2-10H,1H3. The van der Waals surface area contributed by atoms with Gasteiger partial charge in [-0.2, -0.15) is 0 Å². The Labute approximate surface area is 105 Å². The third-order valence-corrected chi connectivity index (χ3v) is 2.42. The zero-order valence-electron chi connectivity index (χ0n) is 9.92. The van der Waals surface area contributed by atoms with Crippen molar-refractivity contribution in [2.24, 2.45) is 0 Å². The molecule has 0 radical (unpaired) electrons. The van der Waals surface area contributed by atoms with Crippen LogP contribution in [-0.4, -0.2) is 5.97 Å². The molecule has 0 heterocycles. The van der Waals surface area contributed by atoms with Gasteiger partial charge in [-0.1, -0.05) is 35.9 Å². The van der Waals surface area contributed by atoms with Crippen LogP contribution in [0.25, 0.3) is 0 Å².